The second-order valence-corrected chi connectivity index (χ2v) is 3.98. The van der Waals surface area contributed by atoms with Gasteiger partial charge in [-0.25, -0.2) is 0 Å². The van der Waals surface area contributed by atoms with Crippen molar-refractivity contribution in [3.63, 3.8) is 0 Å². The molecule has 0 radical (unpaired) electrons. The first kappa shape index (κ1) is 11.0. The van der Waals surface area contributed by atoms with E-state index in [1.54, 1.807) is 23.1 Å². The van der Waals surface area contributed by atoms with Crippen molar-refractivity contribution in [1.82, 2.24) is 0 Å². The molecule has 0 bridgehead atoms. The van der Waals surface area contributed by atoms with Crippen LogP contribution >= 0.6 is 11.6 Å². The number of hydrogen-bond acceptors (Lipinski definition) is 2. The molecule has 1 saturated heterocycles. The van der Waals surface area contributed by atoms with E-state index in [4.69, 9.17) is 11.6 Å². The van der Waals surface area contributed by atoms with Gasteiger partial charge in [0, 0.05) is 18.7 Å². The number of carbonyl (C=O) groups is 2. The summed E-state index contributed by atoms with van der Waals surface area (Å²) < 4.78 is 0. The summed E-state index contributed by atoms with van der Waals surface area (Å²) in [5.74, 6) is 0.111. The van der Waals surface area contributed by atoms with E-state index in [9.17, 15) is 9.59 Å². The van der Waals surface area contributed by atoms with Crippen molar-refractivity contribution in [3.05, 3.63) is 23.2 Å². The van der Waals surface area contributed by atoms with Gasteiger partial charge in [0.1, 0.15) is 0 Å². The fourth-order valence-electron chi connectivity index (χ4n) is 1.78. The van der Waals surface area contributed by atoms with Crippen molar-refractivity contribution in [3.8, 4) is 0 Å². The maximum absolute atomic E-state index is 11.5. The largest absolute Gasteiger partial charge is 0.327 e. The van der Waals surface area contributed by atoms with E-state index in [0.717, 1.165) is 18.7 Å². The summed E-state index contributed by atoms with van der Waals surface area (Å²) in [4.78, 5) is 23.6. The monoisotopic (exact) mass is 238 g/mol. The number of halogens is 1. The van der Waals surface area contributed by atoms with Gasteiger partial charge < -0.3 is 10.2 Å². The third kappa shape index (κ3) is 2.02. The Bertz CT molecular complexity index is 434. The first-order valence-electron chi connectivity index (χ1n) is 5.02. The number of amides is 2. The molecule has 0 aromatic heterocycles. The first-order valence-corrected chi connectivity index (χ1v) is 5.40. The minimum Gasteiger partial charge on any atom is -0.327 e. The number of nitrogens with one attached hydrogen (secondary N) is 1. The second-order valence-electron chi connectivity index (χ2n) is 3.58. The van der Waals surface area contributed by atoms with Crippen molar-refractivity contribution in [2.75, 3.05) is 16.8 Å². The smallest absolute Gasteiger partial charge is 0.227 e. The number of hydrogen-bond donors (Lipinski definition) is 1. The van der Waals surface area contributed by atoms with Gasteiger partial charge in [-0.05, 0) is 24.6 Å². The van der Waals surface area contributed by atoms with Crippen LogP contribution in [0.15, 0.2) is 18.2 Å². The van der Waals surface area contributed by atoms with Crippen molar-refractivity contribution < 1.29 is 9.59 Å². The standard InChI is InChI=1S/C11H11ClN2O2/c12-9-4-3-8(6-10(9)13-7-15)14-5-1-2-11(14)16/h3-4,6-7H,1-2,5H2,(H,13,15). The molecule has 1 N–H and O–H groups in total. The number of nitrogens with zero attached hydrogens (tertiary/aromatic N) is 1. The van der Waals surface area contributed by atoms with Crippen LogP contribution in [0.4, 0.5) is 11.4 Å². The minimum absolute atomic E-state index is 0.111. The molecule has 0 spiro atoms. The van der Waals surface area contributed by atoms with E-state index in [0.29, 0.717) is 23.5 Å². The van der Waals surface area contributed by atoms with Crippen LogP contribution in [-0.2, 0) is 9.59 Å². The van der Waals surface area contributed by atoms with Crippen LogP contribution < -0.4 is 10.2 Å². The van der Waals surface area contributed by atoms with Crippen molar-refractivity contribution in [2.45, 2.75) is 12.8 Å². The molecule has 1 aromatic rings. The quantitative estimate of drug-likeness (QED) is 0.820. The maximum Gasteiger partial charge on any atom is 0.227 e. The first-order chi connectivity index (χ1) is 7.72. The van der Waals surface area contributed by atoms with Gasteiger partial charge in [0.05, 0.1) is 10.7 Å². The third-order valence-corrected chi connectivity index (χ3v) is 2.88. The molecule has 5 heteroatoms. The van der Waals surface area contributed by atoms with Crippen molar-refractivity contribution in [2.24, 2.45) is 0 Å². The molecule has 0 unspecified atom stereocenters. The molecule has 0 aliphatic carbocycles. The Morgan fingerprint density at radius 2 is 2.25 bits per heavy atom. The zero-order valence-electron chi connectivity index (χ0n) is 8.57. The van der Waals surface area contributed by atoms with Crippen LogP contribution in [0.25, 0.3) is 0 Å². The van der Waals surface area contributed by atoms with Crippen LogP contribution in [0.1, 0.15) is 12.8 Å². The fourth-order valence-corrected chi connectivity index (χ4v) is 1.95. The molecule has 2 amide bonds. The highest BCUT2D eigenvalue weighted by molar-refractivity contribution is 6.33. The summed E-state index contributed by atoms with van der Waals surface area (Å²) in [6.07, 6.45) is 2.02. The van der Waals surface area contributed by atoms with E-state index < -0.39 is 0 Å². The lowest BCUT2D eigenvalue weighted by atomic mass is 10.2. The Kier molecular flexibility index (Phi) is 3.10. The summed E-state index contributed by atoms with van der Waals surface area (Å²) in [5.41, 5.74) is 1.30. The fraction of sp³-hybridized carbons (Fsp3) is 0.273. The summed E-state index contributed by atoms with van der Waals surface area (Å²) in [7, 11) is 0. The third-order valence-electron chi connectivity index (χ3n) is 2.55. The molecule has 1 aliphatic rings. The van der Waals surface area contributed by atoms with Gasteiger partial charge in [-0.2, -0.15) is 0 Å². The molecule has 1 fully saturated rings. The Labute approximate surface area is 98.2 Å². The van der Waals surface area contributed by atoms with Crippen LogP contribution in [0.2, 0.25) is 5.02 Å². The van der Waals surface area contributed by atoms with Crippen LogP contribution in [0.5, 0.6) is 0 Å². The molecule has 0 atom stereocenters. The van der Waals surface area contributed by atoms with E-state index in [2.05, 4.69) is 5.32 Å². The van der Waals surface area contributed by atoms with Gasteiger partial charge in [0.15, 0.2) is 0 Å². The molecular formula is C11H11ClN2O2. The Balaban J connectivity index is 2.31. The molecule has 16 heavy (non-hydrogen) atoms. The molecular weight excluding hydrogens is 228 g/mol. The zero-order chi connectivity index (χ0) is 11.5. The number of benzene rings is 1. The number of carbonyl (C=O) groups excluding carboxylic acids is 2. The summed E-state index contributed by atoms with van der Waals surface area (Å²) >= 11 is 5.89. The summed E-state index contributed by atoms with van der Waals surface area (Å²) in [6, 6.07) is 5.16. The normalized spacial score (nSPS) is 15.3. The summed E-state index contributed by atoms with van der Waals surface area (Å²) in [5, 5.41) is 2.96. The van der Waals surface area contributed by atoms with Gasteiger partial charge in [-0.3, -0.25) is 9.59 Å². The predicted octanol–water partition coefficient (Wildman–Crippen LogP) is 2.04. The van der Waals surface area contributed by atoms with Gasteiger partial charge in [-0.15, -0.1) is 0 Å². The molecule has 1 aliphatic heterocycles. The van der Waals surface area contributed by atoms with Gasteiger partial charge >= 0.3 is 0 Å². The van der Waals surface area contributed by atoms with Crippen LogP contribution in [-0.4, -0.2) is 18.9 Å². The molecule has 4 nitrogen and oxygen atoms in total. The number of rotatable bonds is 3. The lowest BCUT2D eigenvalue weighted by molar-refractivity contribution is -0.117. The average Bonchev–Trinajstić information content (AvgIpc) is 2.68. The van der Waals surface area contributed by atoms with Crippen molar-refractivity contribution >= 4 is 35.3 Å². The van der Waals surface area contributed by atoms with E-state index in [1.165, 1.54) is 0 Å². The average molecular weight is 239 g/mol. The highest BCUT2D eigenvalue weighted by Gasteiger charge is 2.22. The van der Waals surface area contributed by atoms with Crippen LogP contribution in [0.3, 0.4) is 0 Å². The van der Waals surface area contributed by atoms with E-state index >= 15 is 0 Å². The molecule has 84 valence electrons. The SMILES string of the molecule is O=CNc1cc(N2CCCC2=O)ccc1Cl. The Hall–Kier alpha value is -1.55. The Morgan fingerprint density at radius 3 is 2.88 bits per heavy atom. The topological polar surface area (TPSA) is 49.4 Å². The molecule has 0 saturated carbocycles. The molecule has 1 heterocycles. The van der Waals surface area contributed by atoms with Gasteiger partial charge in [0.2, 0.25) is 12.3 Å². The van der Waals surface area contributed by atoms with Gasteiger partial charge in [-0.1, -0.05) is 11.6 Å². The van der Waals surface area contributed by atoms with E-state index in [1.807, 2.05) is 0 Å². The lowest BCUT2D eigenvalue weighted by Gasteiger charge is -2.16. The predicted molar refractivity (Wildman–Crippen MR) is 62.7 cm³/mol. The highest BCUT2D eigenvalue weighted by atomic mass is 35.5. The minimum atomic E-state index is 0.111. The zero-order valence-corrected chi connectivity index (χ0v) is 9.33. The van der Waals surface area contributed by atoms with Crippen LogP contribution in [0, 0.1) is 0 Å². The highest BCUT2D eigenvalue weighted by Crippen LogP contribution is 2.29. The second kappa shape index (κ2) is 4.53. The molecule has 2 rings (SSSR count). The van der Waals surface area contributed by atoms with Gasteiger partial charge in [0.25, 0.3) is 0 Å². The van der Waals surface area contributed by atoms with Crippen molar-refractivity contribution in [1.29, 1.82) is 0 Å². The lowest BCUT2D eigenvalue weighted by Crippen LogP contribution is -2.23. The maximum atomic E-state index is 11.5. The van der Waals surface area contributed by atoms with E-state index in [-0.39, 0.29) is 5.91 Å². The summed E-state index contributed by atoms with van der Waals surface area (Å²) in [6.45, 7) is 0.723. The number of anilines is 2. The Morgan fingerprint density at radius 1 is 1.44 bits per heavy atom. The molecule has 1 aromatic carbocycles.